The van der Waals surface area contributed by atoms with E-state index in [0.29, 0.717) is 18.9 Å². The summed E-state index contributed by atoms with van der Waals surface area (Å²) in [5.41, 5.74) is 6.87. The average molecular weight is 297 g/mol. The van der Waals surface area contributed by atoms with Crippen LogP contribution in [0.5, 0.6) is 0 Å². The summed E-state index contributed by atoms with van der Waals surface area (Å²) in [6.07, 6.45) is 3.79. The van der Waals surface area contributed by atoms with Crippen LogP contribution in [-0.4, -0.2) is 24.0 Å². The third-order valence-corrected chi connectivity index (χ3v) is 4.96. The molecule has 112 valence electrons. The van der Waals surface area contributed by atoms with Gasteiger partial charge in [-0.2, -0.15) is 0 Å². The van der Waals surface area contributed by atoms with Crippen LogP contribution in [-0.2, 0) is 16.1 Å². The fourth-order valence-corrected chi connectivity index (χ4v) is 3.36. The second-order valence-corrected chi connectivity index (χ2v) is 6.28. The number of methoxy groups -OCH3 is 1. The quantitative estimate of drug-likeness (QED) is 0.841. The van der Waals surface area contributed by atoms with Crippen molar-refractivity contribution in [1.29, 1.82) is 0 Å². The van der Waals surface area contributed by atoms with E-state index in [-0.39, 0.29) is 18.1 Å². The van der Waals surface area contributed by atoms with E-state index in [4.69, 9.17) is 10.5 Å². The zero-order chi connectivity index (χ0) is 14.5. The lowest BCUT2D eigenvalue weighted by Gasteiger charge is -2.14. The summed E-state index contributed by atoms with van der Waals surface area (Å²) in [6.45, 7) is 2.44. The smallest absolute Gasteiger partial charge is 0.220 e. The first-order chi connectivity index (χ1) is 9.60. The Morgan fingerprint density at radius 2 is 2.45 bits per heavy atom. The maximum atomic E-state index is 11.9. The molecule has 1 aromatic rings. The van der Waals surface area contributed by atoms with Gasteiger partial charge in [-0.25, -0.2) is 4.98 Å². The van der Waals surface area contributed by atoms with E-state index in [9.17, 15) is 4.79 Å². The van der Waals surface area contributed by atoms with E-state index >= 15 is 0 Å². The molecule has 0 aliphatic heterocycles. The van der Waals surface area contributed by atoms with Crippen molar-refractivity contribution in [2.45, 2.75) is 51.3 Å². The Bertz CT molecular complexity index is 449. The number of amides is 1. The number of ether oxygens (including phenoxy) is 1. The maximum absolute atomic E-state index is 11.9. The second kappa shape index (κ2) is 7.15. The van der Waals surface area contributed by atoms with Gasteiger partial charge in [0.2, 0.25) is 5.91 Å². The highest BCUT2D eigenvalue weighted by molar-refractivity contribution is 7.09. The Kier molecular flexibility index (Phi) is 5.51. The lowest BCUT2D eigenvalue weighted by atomic mass is 10.00. The lowest BCUT2D eigenvalue weighted by molar-refractivity contribution is -0.122. The van der Waals surface area contributed by atoms with Crippen molar-refractivity contribution in [2.24, 2.45) is 11.7 Å². The summed E-state index contributed by atoms with van der Waals surface area (Å²) in [5, 5.41) is 5.83. The van der Waals surface area contributed by atoms with Gasteiger partial charge in [-0.05, 0) is 25.7 Å². The number of carbonyl (C=O) groups excluding carboxylic acids is 1. The number of nitrogens with one attached hydrogen (secondary N) is 1. The molecule has 0 bridgehead atoms. The highest BCUT2D eigenvalue weighted by Gasteiger charge is 2.25. The molecule has 20 heavy (non-hydrogen) atoms. The van der Waals surface area contributed by atoms with E-state index in [1.54, 1.807) is 18.4 Å². The first-order valence-electron chi connectivity index (χ1n) is 7.09. The molecule has 3 N–H and O–H groups in total. The molecule has 1 aliphatic rings. The van der Waals surface area contributed by atoms with Gasteiger partial charge in [0, 0.05) is 25.0 Å². The zero-order valence-corrected chi connectivity index (χ0v) is 12.9. The Hall–Kier alpha value is -0.980. The second-order valence-electron chi connectivity index (χ2n) is 5.39. The van der Waals surface area contributed by atoms with E-state index in [0.717, 1.165) is 30.0 Å². The summed E-state index contributed by atoms with van der Waals surface area (Å²) in [7, 11) is 1.67. The molecule has 1 aromatic heterocycles. The number of thiazole rings is 1. The van der Waals surface area contributed by atoms with Crippen LogP contribution in [0.1, 0.15) is 49.4 Å². The summed E-state index contributed by atoms with van der Waals surface area (Å²) in [6, 6.07) is 0.189. The minimum absolute atomic E-state index is 0.000869. The Morgan fingerprint density at radius 3 is 3.10 bits per heavy atom. The normalized spacial score (nSPS) is 23.8. The molecule has 0 saturated heterocycles. The van der Waals surface area contributed by atoms with Crippen molar-refractivity contribution in [3.63, 3.8) is 0 Å². The van der Waals surface area contributed by atoms with Crippen molar-refractivity contribution in [2.75, 3.05) is 7.11 Å². The van der Waals surface area contributed by atoms with Crippen molar-refractivity contribution >= 4 is 17.2 Å². The van der Waals surface area contributed by atoms with Gasteiger partial charge in [-0.15, -0.1) is 11.3 Å². The summed E-state index contributed by atoms with van der Waals surface area (Å²) >= 11 is 1.56. The SMILES string of the molecule is COC(C)c1nc(CNC(=O)C[C@@H]2CCC[C@H]2N)cs1. The molecule has 0 spiro atoms. The summed E-state index contributed by atoms with van der Waals surface area (Å²) in [5.74, 6) is 0.413. The van der Waals surface area contributed by atoms with E-state index in [1.807, 2.05) is 12.3 Å². The molecule has 0 radical (unpaired) electrons. The Morgan fingerprint density at radius 1 is 1.65 bits per heavy atom. The number of nitrogens with zero attached hydrogens (tertiary/aromatic N) is 1. The highest BCUT2D eigenvalue weighted by atomic mass is 32.1. The fraction of sp³-hybridized carbons (Fsp3) is 0.714. The predicted molar refractivity (Wildman–Crippen MR) is 79.3 cm³/mol. The molecular weight excluding hydrogens is 274 g/mol. The van der Waals surface area contributed by atoms with Crippen LogP contribution in [0.3, 0.4) is 0 Å². The predicted octanol–water partition coefficient (Wildman–Crippen LogP) is 1.98. The van der Waals surface area contributed by atoms with Crippen molar-refractivity contribution in [3.05, 3.63) is 16.1 Å². The molecule has 3 atom stereocenters. The van der Waals surface area contributed by atoms with E-state index < -0.39 is 0 Å². The van der Waals surface area contributed by atoms with Gasteiger partial charge in [0.15, 0.2) is 0 Å². The van der Waals surface area contributed by atoms with Crippen molar-refractivity contribution in [1.82, 2.24) is 10.3 Å². The molecule has 1 amide bonds. The van der Waals surface area contributed by atoms with Crippen LogP contribution in [0.4, 0.5) is 0 Å². The topological polar surface area (TPSA) is 77.2 Å². The zero-order valence-electron chi connectivity index (χ0n) is 12.1. The van der Waals surface area contributed by atoms with Gasteiger partial charge in [0.25, 0.3) is 0 Å². The number of hydrogen-bond acceptors (Lipinski definition) is 5. The van der Waals surface area contributed by atoms with Gasteiger partial charge in [0.1, 0.15) is 11.1 Å². The number of carbonyl (C=O) groups is 1. The minimum atomic E-state index is 0.000869. The first kappa shape index (κ1) is 15.4. The van der Waals surface area contributed by atoms with Crippen LogP contribution in [0, 0.1) is 5.92 Å². The molecule has 1 aliphatic carbocycles. The van der Waals surface area contributed by atoms with E-state index in [1.165, 1.54) is 0 Å². The van der Waals surface area contributed by atoms with Crippen LogP contribution in [0.25, 0.3) is 0 Å². The Balaban J connectivity index is 1.77. The van der Waals surface area contributed by atoms with Crippen LogP contribution >= 0.6 is 11.3 Å². The van der Waals surface area contributed by atoms with Gasteiger partial charge in [-0.1, -0.05) is 6.42 Å². The minimum Gasteiger partial charge on any atom is -0.375 e. The van der Waals surface area contributed by atoms with Crippen LogP contribution < -0.4 is 11.1 Å². The maximum Gasteiger partial charge on any atom is 0.220 e. The number of nitrogens with two attached hydrogens (primary N) is 1. The largest absolute Gasteiger partial charge is 0.375 e. The molecule has 5 nitrogen and oxygen atoms in total. The monoisotopic (exact) mass is 297 g/mol. The van der Waals surface area contributed by atoms with Crippen LogP contribution in [0.15, 0.2) is 5.38 Å². The van der Waals surface area contributed by atoms with Gasteiger partial charge in [0.05, 0.1) is 12.2 Å². The molecule has 1 fully saturated rings. The third-order valence-electron chi connectivity index (χ3n) is 3.90. The Labute approximate surface area is 123 Å². The number of rotatable bonds is 6. The molecular formula is C14H23N3O2S. The molecule has 6 heteroatoms. The summed E-state index contributed by atoms with van der Waals surface area (Å²) < 4.78 is 5.22. The summed E-state index contributed by atoms with van der Waals surface area (Å²) in [4.78, 5) is 16.4. The molecule has 1 unspecified atom stereocenters. The van der Waals surface area contributed by atoms with Gasteiger partial charge >= 0.3 is 0 Å². The highest BCUT2D eigenvalue weighted by Crippen LogP contribution is 2.26. The number of hydrogen-bond donors (Lipinski definition) is 2. The molecule has 2 rings (SSSR count). The van der Waals surface area contributed by atoms with Gasteiger partial charge < -0.3 is 15.8 Å². The van der Waals surface area contributed by atoms with Crippen LogP contribution in [0.2, 0.25) is 0 Å². The first-order valence-corrected chi connectivity index (χ1v) is 7.97. The molecule has 1 heterocycles. The third kappa shape index (κ3) is 4.01. The van der Waals surface area contributed by atoms with E-state index in [2.05, 4.69) is 10.3 Å². The molecule has 0 aromatic carbocycles. The number of aromatic nitrogens is 1. The average Bonchev–Trinajstić information content (AvgIpc) is 3.06. The molecule has 1 saturated carbocycles. The van der Waals surface area contributed by atoms with Gasteiger partial charge in [-0.3, -0.25) is 4.79 Å². The lowest BCUT2D eigenvalue weighted by Crippen LogP contribution is -2.31. The van der Waals surface area contributed by atoms with Crippen molar-refractivity contribution < 1.29 is 9.53 Å². The standard InChI is InChI=1S/C14H23N3O2S/c1-9(19-2)14-17-11(8-20-14)7-16-13(18)6-10-4-3-5-12(10)15/h8-10,12H,3-7,15H2,1-2H3,(H,16,18)/t9?,10-,12+/m0/s1. The van der Waals surface area contributed by atoms with Crippen molar-refractivity contribution in [3.8, 4) is 0 Å². The fourth-order valence-electron chi connectivity index (χ4n) is 2.51.